The van der Waals surface area contributed by atoms with E-state index in [0.717, 1.165) is 58.5 Å². The van der Waals surface area contributed by atoms with Crippen molar-refractivity contribution in [1.82, 2.24) is 0 Å². The second kappa shape index (κ2) is 13.0. The zero-order chi connectivity index (χ0) is 27.0. The number of benzene rings is 3. The van der Waals surface area contributed by atoms with Crippen LogP contribution in [0.1, 0.15) is 45.5 Å². The molecule has 0 bridgehead atoms. The van der Waals surface area contributed by atoms with Gasteiger partial charge in [0, 0.05) is 30.5 Å². The van der Waals surface area contributed by atoms with Gasteiger partial charge in [-0.3, -0.25) is 13.7 Å². The summed E-state index contributed by atoms with van der Waals surface area (Å²) in [6.07, 6.45) is 1.67. The fourth-order valence-corrected chi connectivity index (χ4v) is 5.46. The molecule has 0 radical (unpaired) electrons. The van der Waals surface area contributed by atoms with Crippen LogP contribution in [0.3, 0.4) is 0 Å². The van der Waals surface area contributed by atoms with E-state index in [0.29, 0.717) is 24.3 Å². The van der Waals surface area contributed by atoms with Crippen molar-refractivity contribution in [3.05, 3.63) is 94.5 Å². The molecule has 1 unspecified atom stereocenters. The van der Waals surface area contributed by atoms with Gasteiger partial charge < -0.3 is 9.22 Å². The van der Waals surface area contributed by atoms with Crippen LogP contribution in [0.4, 0.5) is 5.69 Å². The molecule has 0 aliphatic heterocycles. The van der Waals surface area contributed by atoms with Crippen molar-refractivity contribution < 1.29 is 22.8 Å². The summed E-state index contributed by atoms with van der Waals surface area (Å²) in [5, 5.41) is 0. The summed E-state index contributed by atoms with van der Waals surface area (Å²) in [4.78, 5) is 12.5. The van der Waals surface area contributed by atoms with Crippen molar-refractivity contribution in [2.24, 2.45) is 0 Å². The third-order valence-corrected chi connectivity index (χ3v) is 7.27. The van der Waals surface area contributed by atoms with Crippen molar-refractivity contribution in [2.75, 3.05) is 44.6 Å². The normalized spacial score (nSPS) is 12.3. The van der Waals surface area contributed by atoms with Gasteiger partial charge in [0.25, 0.3) is 11.3 Å². The number of carbonyl (C=O) groups is 1. The Morgan fingerprint density at radius 1 is 0.892 bits per heavy atom. The molecule has 0 fully saturated rings. The molecule has 3 rings (SSSR count). The highest BCUT2D eigenvalue weighted by atomic mass is 32.2. The zero-order valence-corrected chi connectivity index (χ0v) is 23.4. The van der Waals surface area contributed by atoms with Gasteiger partial charge in [0.2, 0.25) is 0 Å². The maximum absolute atomic E-state index is 12.5. The molecule has 1 N–H and O–H groups in total. The van der Waals surface area contributed by atoms with Crippen LogP contribution < -0.4 is 9.04 Å². The Morgan fingerprint density at radius 3 is 2.05 bits per heavy atom. The van der Waals surface area contributed by atoms with Gasteiger partial charge in [-0.15, -0.1) is 0 Å². The van der Waals surface area contributed by atoms with E-state index in [2.05, 4.69) is 26.2 Å². The topological polar surface area (TPSA) is 66.8 Å². The second-order valence-corrected chi connectivity index (χ2v) is 11.1. The smallest absolute Gasteiger partial charge is 0.261 e. The van der Waals surface area contributed by atoms with Crippen LogP contribution in [0, 0.1) is 20.8 Å². The van der Waals surface area contributed by atoms with Crippen LogP contribution in [0.5, 0.6) is 5.75 Å². The van der Waals surface area contributed by atoms with E-state index in [1.165, 1.54) is 0 Å². The Balaban J connectivity index is 1.44. The summed E-state index contributed by atoms with van der Waals surface area (Å²) in [5.74, 6) is 0.752. The number of aryl methyl sites for hydroxylation is 3. The fourth-order valence-electron chi connectivity index (χ4n) is 4.73. The predicted molar refractivity (Wildman–Crippen MR) is 152 cm³/mol. The molecular weight excluding hydrogens is 484 g/mol. The van der Waals surface area contributed by atoms with E-state index < -0.39 is 11.3 Å². The standard InChI is InChI=1S/C30H38N2O4S/c1-23-21-24(2)29(25(3)22-23)31(37(34)35)17-9-18-32(4,5)19-10-20-36-28-15-13-27(14-16-28)30(33)26-11-7-6-8-12-26/h6-8,11-16,21-22H,9-10,17-20H2,1-5H3/p+1. The molecule has 3 aromatic rings. The average Bonchev–Trinajstić information content (AvgIpc) is 2.85. The number of ether oxygens (including phenoxy) is 1. The summed E-state index contributed by atoms with van der Waals surface area (Å²) < 4.78 is 30.4. The Labute approximate surface area is 223 Å². The second-order valence-electron chi connectivity index (χ2n) is 10.2. The molecule has 0 amide bonds. The van der Waals surface area contributed by atoms with Gasteiger partial charge in [0.15, 0.2) is 5.78 Å². The van der Waals surface area contributed by atoms with Gasteiger partial charge in [-0.05, 0) is 56.2 Å². The lowest BCUT2D eigenvalue weighted by Crippen LogP contribution is -2.43. The minimum Gasteiger partial charge on any atom is -0.493 e. The maximum Gasteiger partial charge on any atom is 0.261 e. The van der Waals surface area contributed by atoms with Gasteiger partial charge >= 0.3 is 0 Å². The van der Waals surface area contributed by atoms with Crippen molar-refractivity contribution in [3.63, 3.8) is 0 Å². The molecule has 0 aliphatic carbocycles. The minimum absolute atomic E-state index is 0.00231. The third-order valence-electron chi connectivity index (χ3n) is 6.53. The van der Waals surface area contributed by atoms with E-state index in [9.17, 15) is 13.6 Å². The van der Waals surface area contributed by atoms with Crippen LogP contribution in [-0.4, -0.2) is 59.4 Å². The summed E-state index contributed by atoms with van der Waals surface area (Å²) >= 11 is -2.07. The molecular formula is C30H39N2O4S+. The lowest BCUT2D eigenvalue weighted by Gasteiger charge is -2.31. The fraction of sp³-hybridized carbons (Fsp3) is 0.367. The first kappa shape index (κ1) is 28.6. The van der Waals surface area contributed by atoms with Crippen LogP contribution in [0.15, 0.2) is 66.7 Å². The SMILES string of the molecule is Cc1cc(C)c(N(CCC[N+](C)(C)CCCOc2ccc(C(=O)c3ccccc3)cc2)S(=O)O)c(C)c1. The van der Waals surface area contributed by atoms with Crippen molar-refractivity contribution in [3.8, 4) is 5.75 Å². The lowest BCUT2D eigenvalue weighted by atomic mass is 10.0. The van der Waals surface area contributed by atoms with Gasteiger partial charge in [-0.2, -0.15) is 0 Å². The van der Waals surface area contributed by atoms with Crippen molar-refractivity contribution in [1.29, 1.82) is 0 Å². The molecule has 0 saturated heterocycles. The molecule has 0 saturated carbocycles. The molecule has 0 aliphatic rings. The number of hydrogen-bond donors (Lipinski definition) is 1. The third kappa shape index (κ3) is 8.25. The van der Waals surface area contributed by atoms with Gasteiger partial charge in [0.05, 0.1) is 39.5 Å². The zero-order valence-electron chi connectivity index (χ0n) is 22.6. The Hall–Kier alpha value is -3.00. The molecule has 37 heavy (non-hydrogen) atoms. The molecule has 0 heterocycles. The van der Waals surface area contributed by atoms with E-state index in [1.54, 1.807) is 16.4 Å². The number of rotatable bonds is 13. The number of anilines is 1. The summed E-state index contributed by atoms with van der Waals surface area (Å²) in [5.41, 5.74) is 5.35. The Kier molecular flexibility index (Phi) is 10.0. The first-order valence-electron chi connectivity index (χ1n) is 12.7. The van der Waals surface area contributed by atoms with Gasteiger partial charge in [-0.25, -0.2) is 4.21 Å². The average molecular weight is 524 g/mol. The largest absolute Gasteiger partial charge is 0.493 e. The highest BCUT2D eigenvalue weighted by molar-refractivity contribution is 7.80. The lowest BCUT2D eigenvalue weighted by molar-refractivity contribution is -0.890. The first-order valence-corrected chi connectivity index (χ1v) is 13.7. The quantitative estimate of drug-likeness (QED) is 0.135. The number of quaternary nitrogens is 1. The predicted octanol–water partition coefficient (Wildman–Crippen LogP) is 5.72. The van der Waals surface area contributed by atoms with Crippen molar-refractivity contribution in [2.45, 2.75) is 33.6 Å². The summed E-state index contributed by atoms with van der Waals surface area (Å²) in [6, 6.07) is 20.7. The van der Waals surface area contributed by atoms with E-state index in [-0.39, 0.29) is 5.78 Å². The van der Waals surface area contributed by atoms with Gasteiger partial charge in [-0.1, -0.05) is 48.0 Å². The highest BCUT2D eigenvalue weighted by Gasteiger charge is 2.20. The highest BCUT2D eigenvalue weighted by Crippen LogP contribution is 2.27. The van der Waals surface area contributed by atoms with Crippen molar-refractivity contribution >= 4 is 22.7 Å². The number of ketones is 1. The molecule has 7 heteroatoms. The summed E-state index contributed by atoms with van der Waals surface area (Å²) in [6.45, 7) is 8.93. The Morgan fingerprint density at radius 2 is 1.46 bits per heavy atom. The minimum atomic E-state index is -2.07. The monoisotopic (exact) mass is 523 g/mol. The molecule has 0 spiro atoms. The number of carbonyl (C=O) groups excluding carboxylic acids is 1. The number of nitrogens with zero attached hydrogens (tertiary/aromatic N) is 2. The first-order chi connectivity index (χ1) is 17.6. The van der Waals surface area contributed by atoms with E-state index in [1.807, 2.05) is 63.2 Å². The maximum atomic E-state index is 12.5. The number of hydrogen-bond acceptors (Lipinski definition) is 3. The molecule has 198 valence electrons. The van der Waals surface area contributed by atoms with Crippen LogP contribution in [-0.2, 0) is 11.3 Å². The molecule has 6 nitrogen and oxygen atoms in total. The Bertz CT molecular complexity index is 1190. The molecule has 1 atom stereocenters. The van der Waals surface area contributed by atoms with Crippen LogP contribution >= 0.6 is 0 Å². The molecule has 0 aromatic heterocycles. The van der Waals surface area contributed by atoms with E-state index >= 15 is 0 Å². The molecule has 3 aromatic carbocycles. The van der Waals surface area contributed by atoms with Gasteiger partial charge in [0.1, 0.15) is 5.75 Å². The van der Waals surface area contributed by atoms with E-state index in [4.69, 9.17) is 4.74 Å². The summed E-state index contributed by atoms with van der Waals surface area (Å²) in [7, 11) is 4.35. The van der Waals surface area contributed by atoms with Crippen LogP contribution in [0.25, 0.3) is 0 Å². The van der Waals surface area contributed by atoms with Crippen LogP contribution in [0.2, 0.25) is 0 Å².